The average Bonchev–Trinajstić information content (AvgIpc) is 3.92. The zero-order valence-corrected chi connectivity index (χ0v) is 29.9. The molecule has 3 aliphatic heterocycles. The molecule has 15 heteroatoms. The molecule has 278 valence electrons. The smallest absolute Gasteiger partial charge is 0.341 e. The minimum Gasteiger partial charge on any atom is -0.504 e. The molecule has 1 unspecified atom stereocenters. The first kappa shape index (κ1) is 34.5. The summed E-state index contributed by atoms with van der Waals surface area (Å²) in [6, 6.07) is 0. The van der Waals surface area contributed by atoms with Crippen molar-refractivity contribution in [2.75, 3.05) is 0 Å². The Hall–Kier alpha value is -3.56. The van der Waals surface area contributed by atoms with Gasteiger partial charge in [-0.05, 0) is 31.3 Å². The molecule has 5 aliphatic carbocycles. The van der Waals surface area contributed by atoms with E-state index < -0.39 is 147 Å². The van der Waals surface area contributed by atoms with Crippen LogP contribution in [0.3, 0.4) is 0 Å². The minimum absolute atomic E-state index is 0.129. The van der Waals surface area contributed by atoms with Crippen LogP contribution in [0.1, 0.15) is 68.7 Å². The van der Waals surface area contributed by atoms with Crippen LogP contribution in [0.15, 0.2) is 11.3 Å². The molecule has 2 N–H and O–H groups in total. The highest BCUT2D eigenvalue weighted by Gasteiger charge is 2.93. The van der Waals surface area contributed by atoms with Crippen molar-refractivity contribution in [1.29, 1.82) is 0 Å². The molecule has 15 nitrogen and oxygen atoms in total. The first-order valence-corrected chi connectivity index (χ1v) is 17.6. The highest BCUT2D eigenvalue weighted by Crippen LogP contribution is 2.81. The van der Waals surface area contributed by atoms with Crippen LogP contribution in [-0.2, 0) is 61.9 Å². The normalized spacial score (nSPS) is 53.8. The Labute approximate surface area is 293 Å². The Balaban J connectivity index is 1.43. The number of esters is 5. The lowest BCUT2D eigenvalue weighted by atomic mass is 9.43. The van der Waals surface area contributed by atoms with Gasteiger partial charge in [-0.2, -0.15) is 0 Å². The molecule has 3 heterocycles. The third kappa shape index (κ3) is 3.85. The molecular formula is C36H44O15. The maximum atomic E-state index is 14.9. The van der Waals surface area contributed by atoms with E-state index in [4.69, 9.17) is 33.2 Å². The van der Waals surface area contributed by atoms with E-state index in [0.29, 0.717) is 0 Å². The number of hydrogen-bond donors (Lipinski definition) is 2. The molecule has 0 aromatic rings. The number of rotatable bonds is 4. The molecule has 51 heavy (non-hydrogen) atoms. The maximum Gasteiger partial charge on any atom is 0.341 e. The predicted molar refractivity (Wildman–Crippen MR) is 165 cm³/mol. The van der Waals surface area contributed by atoms with Crippen LogP contribution in [0.2, 0.25) is 0 Å². The summed E-state index contributed by atoms with van der Waals surface area (Å²) < 4.78 is 42.6. The van der Waals surface area contributed by atoms with Crippen LogP contribution in [0.5, 0.6) is 0 Å². The Kier molecular flexibility index (Phi) is 6.84. The topological polar surface area (TPSA) is 214 Å². The Morgan fingerprint density at radius 3 is 1.94 bits per heavy atom. The molecule has 3 saturated heterocycles. The van der Waals surface area contributed by atoms with E-state index in [9.17, 15) is 39.0 Å². The van der Waals surface area contributed by atoms with Crippen LogP contribution >= 0.6 is 0 Å². The molecule has 18 atom stereocenters. The number of hydrogen-bond acceptors (Lipinski definition) is 15. The number of ketones is 1. The summed E-state index contributed by atoms with van der Waals surface area (Å²) in [5, 5.41) is 23.9. The number of aliphatic hydroxyl groups excluding tert-OH is 1. The second-order valence-corrected chi connectivity index (χ2v) is 16.7. The number of ether oxygens (including phenoxy) is 7. The lowest BCUT2D eigenvalue weighted by Gasteiger charge is -2.62. The third-order valence-corrected chi connectivity index (χ3v) is 14.5. The molecule has 0 radical (unpaired) electrons. The number of carbonyl (C=O) groups is 6. The molecule has 8 rings (SSSR count). The van der Waals surface area contributed by atoms with Crippen LogP contribution < -0.4 is 0 Å². The van der Waals surface area contributed by atoms with Crippen molar-refractivity contribution in [1.82, 2.24) is 0 Å². The van der Waals surface area contributed by atoms with Crippen LogP contribution in [0.25, 0.3) is 0 Å². The average molecular weight is 717 g/mol. The molecule has 0 aromatic carbocycles. The van der Waals surface area contributed by atoms with Crippen molar-refractivity contribution in [2.24, 2.45) is 51.8 Å². The van der Waals surface area contributed by atoms with Crippen LogP contribution in [0.4, 0.5) is 0 Å². The summed E-state index contributed by atoms with van der Waals surface area (Å²) in [6.07, 6.45) is -6.60. The molecule has 0 bridgehead atoms. The van der Waals surface area contributed by atoms with Gasteiger partial charge >= 0.3 is 29.8 Å². The van der Waals surface area contributed by atoms with Gasteiger partial charge in [0.1, 0.15) is 36.6 Å². The molecule has 0 amide bonds. The van der Waals surface area contributed by atoms with Gasteiger partial charge in [0.15, 0.2) is 11.4 Å². The summed E-state index contributed by atoms with van der Waals surface area (Å²) in [4.78, 5) is 80.4. The fourth-order valence-electron chi connectivity index (χ4n) is 12.7. The quantitative estimate of drug-likeness (QED) is 0.239. The van der Waals surface area contributed by atoms with Crippen molar-refractivity contribution in [2.45, 2.75) is 123 Å². The van der Waals surface area contributed by atoms with E-state index in [1.165, 1.54) is 34.6 Å². The van der Waals surface area contributed by atoms with E-state index in [0.717, 1.165) is 0 Å². The van der Waals surface area contributed by atoms with Crippen molar-refractivity contribution in [3.8, 4) is 0 Å². The summed E-state index contributed by atoms with van der Waals surface area (Å²) in [5.74, 6) is -12.3. The SMILES string of the molecule is CC(=O)O[C@@H]1[C@H]2[C@@H]3C(=O)C(O)=C4C[C@@H]5O[C@@H]5[C@H](OC(C)=O)[C@]4(C)C3[C@H](OC(C)=O)[C@H](OC(C)=O)[C@]2(C)[C@H]2[C@H](C)[C@@H]3O[C@@]34OC(=O)[C@@](C)(O)[C@]4(C)[C@H]12. The van der Waals surface area contributed by atoms with Gasteiger partial charge in [-0.25, -0.2) is 4.79 Å². The number of fused-ring (bicyclic) bond motifs is 9. The summed E-state index contributed by atoms with van der Waals surface area (Å²) in [5.41, 5.74) is -6.29. The second kappa shape index (κ2) is 10.1. The summed E-state index contributed by atoms with van der Waals surface area (Å²) in [6.45, 7) is 13.1. The van der Waals surface area contributed by atoms with Gasteiger partial charge in [0, 0.05) is 68.6 Å². The molecule has 0 aromatic heterocycles. The van der Waals surface area contributed by atoms with E-state index in [-0.39, 0.29) is 12.0 Å². The number of carbonyl (C=O) groups excluding carboxylic acids is 6. The fraction of sp³-hybridized carbons (Fsp3) is 0.778. The fourth-order valence-corrected chi connectivity index (χ4v) is 12.7. The van der Waals surface area contributed by atoms with Gasteiger partial charge in [0.2, 0.25) is 11.6 Å². The van der Waals surface area contributed by atoms with Crippen molar-refractivity contribution >= 4 is 35.6 Å². The zero-order chi connectivity index (χ0) is 37.3. The van der Waals surface area contributed by atoms with Crippen molar-refractivity contribution in [3.63, 3.8) is 0 Å². The van der Waals surface area contributed by atoms with E-state index >= 15 is 0 Å². The van der Waals surface area contributed by atoms with Crippen molar-refractivity contribution < 1.29 is 72.1 Å². The molecular weight excluding hydrogens is 672 g/mol. The monoisotopic (exact) mass is 716 g/mol. The van der Waals surface area contributed by atoms with Gasteiger partial charge in [-0.15, -0.1) is 0 Å². The number of epoxide rings is 2. The Morgan fingerprint density at radius 2 is 1.35 bits per heavy atom. The molecule has 1 spiro atoms. The highest BCUT2D eigenvalue weighted by atomic mass is 16.8. The first-order chi connectivity index (χ1) is 23.6. The largest absolute Gasteiger partial charge is 0.504 e. The van der Waals surface area contributed by atoms with Gasteiger partial charge < -0.3 is 43.4 Å². The van der Waals surface area contributed by atoms with E-state index in [1.54, 1.807) is 20.8 Å². The van der Waals surface area contributed by atoms with Gasteiger partial charge in [0.25, 0.3) is 0 Å². The Bertz CT molecular complexity index is 1730. The second-order valence-electron chi connectivity index (χ2n) is 16.7. The lowest BCUT2D eigenvalue weighted by Crippen LogP contribution is -2.71. The summed E-state index contributed by atoms with van der Waals surface area (Å²) >= 11 is 0. The van der Waals surface area contributed by atoms with Gasteiger partial charge in [-0.1, -0.05) is 20.8 Å². The number of aliphatic hydroxyl groups is 2. The van der Waals surface area contributed by atoms with E-state index in [2.05, 4.69) is 0 Å². The van der Waals surface area contributed by atoms with Gasteiger partial charge in [-0.3, -0.25) is 24.0 Å². The van der Waals surface area contributed by atoms with Crippen LogP contribution in [0, 0.1) is 51.8 Å². The number of Topliss-reactive ketones (excluding diaryl/α,β-unsaturated/α-hetero) is 1. The Morgan fingerprint density at radius 1 is 0.784 bits per heavy atom. The minimum atomic E-state index is -2.17. The molecule has 7 fully saturated rings. The standard InChI is InChI=1S/C36H44O15/c1-11-19-22(34(8)35(9,44)31(43)51-36(34)28(11)50-36)26(45-12(2)37)20-18-21(27(46-13(3)38)30(33(19,20)7)48-15(5)40)32(6)16(23(41)24(18)42)10-17-25(49-17)29(32)47-14(4)39/h11,17-22,25-30,41,44H,10H2,1-9H3/t11-,17-,18-,19-,20+,21?,22-,25-,26+,27-,28-,29-,30-,32-,33+,34-,35+,36+/m0/s1. The zero-order valence-electron chi connectivity index (χ0n) is 29.9. The molecule has 8 aliphatic rings. The van der Waals surface area contributed by atoms with Crippen LogP contribution in [-0.4, -0.2) is 100.0 Å². The first-order valence-electron chi connectivity index (χ1n) is 17.6. The van der Waals surface area contributed by atoms with E-state index in [1.807, 2.05) is 6.92 Å². The predicted octanol–water partition coefficient (Wildman–Crippen LogP) is 1.46. The lowest BCUT2D eigenvalue weighted by molar-refractivity contribution is -0.243. The molecule has 4 saturated carbocycles. The van der Waals surface area contributed by atoms with Crippen molar-refractivity contribution in [3.05, 3.63) is 11.3 Å². The highest BCUT2D eigenvalue weighted by molar-refractivity contribution is 5.98. The summed E-state index contributed by atoms with van der Waals surface area (Å²) in [7, 11) is 0. The maximum absolute atomic E-state index is 14.9. The third-order valence-electron chi connectivity index (χ3n) is 14.5. The number of allylic oxidation sites excluding steroid dienone is 1. The van der Waals surface area contributed by atoms with Gasteiger partial charge in [0.05, 0.1) is 11.5 Å².